The monoisotopic (exact) mass is 335 g/mol. The van der Waals surface area contributed by atoms with Crippen molar-refractivity contribution in [3.8, 4) is 0 Å². The van der Waals surface area contributed by atoms with Gasteiger partial charge < -0.3 is 5.11 Å². The summed E-state index contributed by atoms with van der Waals surface area (Å²) in [5.74, 6) is -1.47. The van der Waals surface area contributed by atoms with Crippen LogP contribution in [-0.4, -0.2) is 38.5 Å². The molecule has 1 unspecified atom stereocenters. The largest absolute Gasteiger partial charge is 0.480 e. The third kappa shape index (κ3) is 3.26. The number of carboxylic acid groups (broad SMARTS) is 1. The SMILES string of the molecule is CCC(C(=O)O)N1C(=O)C(=Cc2ccc(C=O)cc2)SC1=S. The zero-order valence-electron chi connectivity index (χ0n) is 11.7. The number of carboxylic acids is 1. The van der Waals surface area contributed by atoms with E-state index in [0.29, 0.717) is 10.5 Å². The molecule has 1 aromatic carbocycles. The van der Waals surface area contributed by atoms with Crippen molar-refractivity contribution >= 4 is 52.5 Å². The molecule has 0 aliphatic carbocycles. The highest BCUT2D eigenvalue weighted by atomic mass is 32.2. The van der Waals surface area contributed by atoms with Crippen molar-refractivity contribution in [3.05, 3.63) is 40.3 Å². The summed E-state index contributed by atoms with van der Waals surface area (Å²) in [6, 6.07) is 5.77. The molecule has 0 radical (unpaired) electrons. The van der Waals surface area contributed by atoms with Gasteiger partial charge in [0.1, 0.15) is 16.6 Å². The summed E-state index contributed by atoms with van der Waals surface area (Å²) in [6.07, 6.45) is 2.66. The van der Waals surface area contributed by atoms with Gasteiger partial charge in [0.15, 0.2) is 0 Å². The van der Waals surface area contributed by atoms with E-state index in [1.165, 1.54) is 0 Å². The average Bonchev–Trinajstić information content (AvgIpc) is 2.76. The van der Waals surface area contributed by atoms with Gasteiger partial charge in [0.25, 0.3) is 5.91 Å². The molecule has 2 rings (SSSR count). The Bertz CT molecular complexity index is 667. The summed E-state index contributed by atoms with van der Waals surface area (Å²) in [5.41, 5.74) is 1.29. The second kappa shape index (κ2) is 6.85. The molecule has 7 heteroatoms. The van der Waals surface area contributed by atoms with Crippen LogP contribution >= 0.6 is 24.0 Å². The van der Waals surface area contributed by atoms with Gasteiger partial charge in [0.2, 0.25) is 0 Å². The molecule has 114 valence electrons. The van der Waals surface area contributed by atoms with Crippen molar-refractivity contribution in [1.82, 2.24) is 4.90 Å². The molecule has 1 aliphatic heterocycles. The molecule has 1 heterocycles. The zero-order chi connectivity index (χ0) is 16.3. The molecular weight excluding hydrogens is 322 g/mol. The van der Waals surface area contributed by atoms with E-state index in [9.17, 15) is 19.5 Å². The predicted octanol–water partition coefficient (Wildman–Crippen LogP) is 2.56. The quantitative estimate of drug-likeness (QED) is 0.506. The smallest absolute Gasteiger partial charge is 0.326 e. The molecule has 1 amide bonds. The summed E-state index contributed by atoms with van der Waals surface area (Å²) >= 11 is 6.21. The van der Waals surface area contributed by atoms with Gasteiger partial charge in [0.05, 0.1) is 4.91 Å². The highest BCUT2D eigenvalue weighted by Crippen LogP contribution is 2.34. The Morgan fingerprint density at radius 1 is 1.36 bits per heavy atom. The predicted molar refractivity (Wildman–Crippen MR) is 88.6 cm³/mol. The second-order valence-corrected chi connectivity index (χ2v) is 6.27. The van der Waals surface area contributed by atoms with Crippen LogP contribution in [0.5, 0.6) is 0 Å². The minimum absolute atomic E-state index is 0.245. The van der Waals surface area contributed by atoms with Gasteiger partial charge in [-0.2, -0.15) is 0 Å². The summed E-state index contributed by atoms with van der Waals surface area (Å²) in [4.78, 5) is 35.8. The number of carbonyl (C=O) groups excluding carboxylic acids is 2. The van der Waals surface area contributed by atoms with E-state index in [-0.39, 0.29) is 10.7 Å². The van der Waals surface area contributed by atoms with E-state index < -0.39 is 17.9 Å². The molecule has 0 bridgehead atoms. The van der Waals surface area contributed by atoms with Crippen LogP contribution < -0.4 is 0 Å². The lowest BCUT2D eigenvalue weighted by Gasteiger charge is -2.21. The summed E-state index contributed by atoms with van der Waals surface area (Å²) < 4.78 is 0.245. The molecule has 1 N–H and O–H groups in total. The number of aldehydes is 1. The Kier molecular flexibility index (Phi) is 5.10. The van der Waals surface area contributed by atoms with Crippen LogP contribution in [0.15, 0.2) is 29.2 Å². The van der Waals surface area contributed by atoms with Crippen LogP contribution in [0, 0.1) is 0 Å². The molecule has 0 saturated carbocycles. The van der Waals surface area contributed by atoms with Crippen LogP contribution in [0.4, 0.5) is 0 Å². The van der Waals surface area contributed by atoms with Crippen molar-refractivity contribution in [3.63, 3.8) is 0 Å². The van der Waals surface area contributed by atoms with Crippen LogP contribution in [0.2, 0.25) is 0 Å². The van der Waals surface area contributed by atoms with E-state index in [1.807, 2.05) is 0 Å². The number of thioether (sulfide) groups is 1. The fourth-order valence-electron chi connectivity index (χ4n) is 2.04. The first-order valence-electron chi connectivity index (χ1n) is 6.53. The van der Waals surface area contributed by atoms with Crippen molar-refractivity contribution in [2.45, 2.75) is 19.4 Å². The van der Waals surface area contributed by atoms with E-state index >= 15 is 0 Å². The fraction of sp³-hybridized carbons (Fsp3) is 0.200. The number of amides is 1. The first kappa shape index (κ1) is 16.4. The first-order valence-corrected chi connectivity index (χ1v) is 7.75. The summed E-state index contributed by atoms with van der Waals surface area (Å²) in [5, 5.41) is 9.19. The van der Waals surface area contributed by atoms with Gasteiger partial charge in [-0.3, -0.25) is 14.5 Å². The third-order valence-corrected chi connectivity index (χ3v) is 4.51. The van der Waals surface area contributed by atoms with Crippen molar-refractivity contribution in [2.24, 2.45) is 0 Å². The number of thiocarbonyl (C=S) groups is 1. The standard InChI is InChI=1S/C15H13NO4S2/c1-2-11(14(19)20)16-13(18)12(22-15(16)21)7-9-3-5-10(8-17)6-4-9/h3-8,11H,2H2,1H3,(H,19,20). The maximum atomic E-state index is 12.4. The molecule has 5 nitrogen and oxygen atoms in total. The minimum Gasteiger partial charge on any atom is -0.480 e. The zero-order valence-corrected chi connectivity index (χ0v) is 13.3. The number of hydrogen-bond acceptors (Lipinski definition) is 5. The van der Waals surface area contributed by atoms with Gasteiger partial charge in [0, 0.05) is 5.56 Å². The van der Waals surface area contributed by atoms with Crippen molar-refractivity contribution < 1.29 is 19.5 Å². The summed E-state index contributed by atoms with van der Waals surface area (Å²) in [6.45, 7) is 1.69. The van der Waals surface area contributed by atoms with Crippen molar-refractivity contribution in [2.75, 3.05) is 0 Å². The number of nitrogens with zero attached hydrogens (tertiary/aromatic N) is 1. The molecule has 1 aromatic rings. The normalized spacial score (nSPS) is 17.9. The maximum Gasteiger partial charge on any atom is 0.326 e. The lowest BCUT2D eigenvalue weighted by Crippen LogP contribution is -2.43. The highest BCUT2D eigenvalue weighted by molar-refractivity contribution is 8.26. The van der Waals surface area contributed by atoms with Crippen molar-refractivity contribution in [1.29, 1.82) is 0 Å². The van der Waals surface area contributed by atoms with Gasteiger partial charge in [-0.25, -0.2) is 4.79 Å². The number of aliphatic carboxylic acids is 1. The Hall–Kier alpha value is -1.99. The number of carbonyl (C=O) groups is 3. The fourth-order valence-corrected chi connectivity index (χ4v) is 3.40. The van der Waals surface area contributed by atoms with E-state index in [0.717, 1.165) is 28.5 Å². The Morgan fingerprint density at radius 2 is 1.95 bits per heavy atom. The maximum absolute atomic E-state index is 12.4. The highest BCUT2D eigenvalue weighted by Gasteiger charge is 2.39. The molecule has 1 saturated heterocycles. The number of hydrogen-bond donors (Lipinski definition) is 1. The molecule has 0 aromatic heterocycles. The van der Waals surface area contributed by atoms with E-state index in [1.54, 1.807) is 37.3 Å². The Labute approximate surface area is 137 Å². The molecular formula is C15H13NO4S2. The first-order chi connectivity index (χ1) is 10.5. The van der Waals surface area contributed by atoms with Crippen LogP contribution in [0.1, 0.15) is 29.3 Å². The lowest BCUT2D eigenvalue weighted by atomic mass is 10.1. The van der Waals surface area contributed by atoms with Crippen LogP contribution in [0.3, 0.4) is 0 Å². The molecule has 1 aliphatic rings. The molecule has 0 spiro atoms. The lowest BCUT2D eigenvalue weighted by molar-refractivity contribution is -0.145. The van der Waals surface area contributed by atoms with Gasteiger partial charge in [-0.05, 0) is 18.1 Å². The third-order valence-electron chi connectivity index (χ3n) is 3.18. The number of benzene rings is 1. The Morgan fingerprint density at radius 3 is 2.45 bits per heavy atom. The number of rotatable bonds is 5. The van der Waals surface area contributed by atoms with E-state index in [4.69, 9.17) is 12.2 Å². The van der Waals surface area contributed by atoms with Gasteiger partial charge >= 0.3 is 5.97 Å². The average molecular weight is 335 g/mol. The van der Waals surface area contributed by atoms with Crippen LogP contribution in [-0.2, 0) is 9.59 Å². The minimum atomic E-state index is -1.07. The molecule has 22 heavy (non-hydrogen) atoms. The molecule has 1 fully saturated rings. The second-order valence-electron chi connectivity index (χ2n) is 4.60. The topological polar surface area (TPSA) is 74.7 Å². The summed E-state index contributed by atoms with van der Waals surface area (Å²) in [7, 11) is 0. The van der Waals surface area contributed by atoms with Gasteiger partial charge in [-0.15, -0.1) is 0 Å². The van der Waals surface area contributed by atoms with E-state index in [2.05, 4.69) is 0 Å². The molecule has 1 atom stereocenters. The van der Waals surface area contributed by atoms with Gasteiger partial charge in [-0.1, -0.05) is 55.2 Å². The van der Waals surface area contributed by atoms with Crippen LogP contribution in [0.25, 0.3) is 6.08 Å². The Balaban J connectivity index is 2.28.